The first-order chi connectivity index (χ1) is 12.9. The molecule has 3 saturated heterocycles. The molecule has 0 N–H and O–H groups in total. The fourth-order valence-corrected chi connectivity index (χ4v) is 6.55. The third kappa shape index (κ3) is 4.33. The first-order valence-corrected chi connectivity index (χ1v) is 12.2. The monoisotopic (exact) mass is 400 g/mol. The van der Waals surface area contributed by atoms with Crippen LogP contribution in [0.15, 0.2) is 0 Å². The molecule has 4 rings (SSSR count). The Morgan fingerprint density at radius 3 is 2.26 bits per heavy atom. The zero-order valence-electron chi connectivity index (χ0n) is 16.3. The molecule has 1 saturated carbocycles. The second kappa shape index (κ2) is 7.61. The van der Waals surface area contributed by atoms with E-state index in [-0.39, 0.29) is 29.5 Å². The molecule has 154 valence electrons. The molecule has 1 unspecified atom stereocenters. The molecule has 0 radical (unpaired) electrons. The third-order valence-corrected chi connectivity index (χ3v) is 8.04. The van der Waals surface area contributed by atoms with Crippen LogP contribution in [0.4, 0.5) is 0 Å². The van der Waals surface area contributed by atoms with Crippen molar-refractivity contribution in [2.75, 3.05) is 39.2 Å². The first-order valence-electron chi connectivity index (χ1n) is 10.4. The number of ether oxygens (including phenoxy) is 2. The van der Waals surface area contributed by atoms with Crippen molar-refractivity contribution in [3.63, 3.8) is 0 Å². The average molecular weight is 401 g/mol. The summed E-state index contributed by atoms with van der Waals surface area (Å²) >= 11 is 0. The summed E-state index contributed by atoms with van der Waals surface area (Å²) in [6.45, 7) is 3.40. The van der Waals surface area contributed by atoms with Crippen molar-refractivity contribution >= 4 is 15.9 Å². The molecule has 3 heterocycles. The maximum absolute atomic E-state index is 12.8. The van der Waals surface area contributed by atoms with Crippen molar-refractivity contribution in [2.24, 2.45) is 5.92 Å². The number of carbonyl (C=O) groups is 1. The van der Waals surface area contributed by atoms with E-state index >= 15 is 0 Å². The molecule has 0 bridgehead atoms. The van der Waals surface area contributed by atoms with E-state index in [4.69, 9.17) is 9.47 Å². The van der Waals surface area contributed by atoms with E-state index in [0.29, 0.717) is 32.9 Å². The van der Waals surface area contributed by atoms with Crippen LogP contribution in [-0.4, -0.2) is 80.4 Å². The normalized spacial score (nSPS) is 30.0. The highest BCUT2D eigenvalue weighted by atomic mass is 32.2. The molecule has 1 spiro atoms. The lowest BCUT2D eigenvalue weighted by molar-refractivity contribution is -0.152. The van der Waals surface area contributed by atoms with Gasteiger partial charge in [-0.05, 0) is 51.4 Å². The van der Waals surface area contributed by atoms with Crippen LogP contribution >= 0.6 is 0 Å². The molecule has 0 aromatic rings. The lowest BCUT2D eigenvalue weighted by atomic mass is 9.81. The number of amides is 1. The molecule has 1 amide bonds. The van der Waals surface area contributed by atoms with Crippen molar-refractivity contribution in [3.05, 3.63) is 0 Å². The van der Waals surface area contributed by atoms with Crippen molar-refractivity contribution in [2.45, 2.75) is 69.1 Å². The minimum absolute atomic E-state index is 0.0407. The molecule has 0 aromatic carbocycles. The standard InChI is InChI=1S/C19H32N2O5S/c1-27(23,24)21(16-2-3-16)17-6-13-26-19(14-17)7-9-20(10-8-19)18(22)15-4-11-25-12-5-15/h15-17H,2-14H2,1H3. The Labute approximate surface area is 162 Å². The van der Waals surface area contributed by atoms with Gasteiger partial charge in [-0.15, -0.1) is 0 Å². The Hall–Kier alpha value is -0.700. The van der Waals surface area contributed by atoms with Gasteiger partial charge in [-0.1, -0.05) is 0 Å². The molecule has 27 heavy (non-hydrogen) atoms. The second-order valence-electron chi connectivity index (χ2n) is 8.71. The van der Waals surface area contributed by atoms with Crippen LogP contribution in [-0.2, 0) is 24.3 Å². The fourth-order valence-electron chi connectivity index (χ4n) is 5.07. The highest BCUT2D eigenvalue weighted by molar-refractivity contribution is 7.88. The number of carbonyl (C=O) groups excluding carboxylic acids is 1. The Bertz CT molecular complexity index is 649. The molecular weight excluding hydrogens is 368 g/mol. The smallest absolute Gasteiger partial charge is 0.225 e. The maximum atomic E-state index is 12.8. The van der Waals surface area contributed by atoms with Crippen LogP contribution < -0.4 is 0 Å². The maximum Gasteiger partial charge on any atom is 0.225 e. The van der Waals surface area contributed by atoms with E-state index in [1.165, 1.54) is 6.26 Å². The van der Waals surface area contributed by atoms with E-state index in [1.54, 1.807) is 4.31 Å². The SMILES string of the molecule is CS(=O)(=O)N(C1CC1)C1CCOC2(CCN(C(=O)C3CCOCC3)CC2)C1. The van der Waals surface area contributed by atoms with Gasteiger partial charge < -0.3 is 14.4 Å². The summed E-state index contributed by atoms with van der Waals surface area (Å²) in [5.41, 5.74) is -0.271. The van der Waals surface area contributed by atoms with Gasteiger partial charge in [0, 0.05) is 50.9 Å². The van der Waals surface area contributed by atoms with Crippen molar-refractivity contribution in [3.8, 4) is 0 Å². The lowest BCUT2D eigenvalue weighted by Crippen LogP contribution is -2.56. The zero-order valence-corrected chi connectivity index (χ0v) is 17.1. The van der Waals surface area contributed by atoms with E-state index in [2.05, 4.69) is 0 Å². The molecule has 4 aliphatic rings. The summed E-state index contributed by atoms with van der Waals surface area (Å²) in [7, 11) is -3.19. The quantitative estimate of drug-likeness (QED) is 0.713. The summed E-state index contributed by atoms with van der Waals surface area (Å²) in [5.74, 6) is 0.361. The molecule has 1 aliphatic carbocycles. The molecule has 7 nitrogen and oxygen atoms in total. The molecule has 0 aromatic heterocycles. The predicted octanol–water partition coefficient (Wildman–Crippen LogP) is 1.38. The minimum atomic E-state index is -3.19. The molecule has 8 heteroatoms. The van der Waals surface area contributed by atoms with Gasteiger partial charge >= 0.3 is 0 Å². The summed E-state index contributed by atoms with van der Waals surface area (Å²) in [6, 6.07) is 0.231. The topological polar surface area (TPSA) is 76.2 Å². The van der Waals surface area contributed by atoms with Gasteiger partial charge in [0.25, 0.3) is 0 Å². The Kier molecular flexibility index (Phi) is 5.53. The van der Waals surface area contributed by atoms with Gasteiger partial charge in [-0.2, -0.15) is 4.31 Å². The number of likely N-dealkylation sites (tertiary alicyclic amines) is 1. The highest BCUT2D eigenvalue weighted by Crippen LogP contribution is 2.41. The van der Waals surface area contributed by atoms with Crippen LogP contribution in [0.25, 0.3) is 0 Å². The van der Waals surface area contributed by atoms with E-state index in [1.807, 2.05) is 4.90 Å². The van der Waals surface area contributed by atoms with Crippen LogP contribution in [0.1, 0.15) is 51.4 Å². The lowest BCUT2D eigenvalue weighted by Gasteiger charge is -2.48. The number of sulfonamides is 1. The van der Waals surface area contributed by atoms with Gasteiger partial charge in [-0.3, -0.25) is 4.79 Å². The number of hydrogen-bond acceptors (Lipinski definition) is 5. The van der Waals surface area contributed by atoms with Crippen molar-refractivity contribution in [1.82, 2.24) is 9.21 Å². The van der Waals surface area contributed by atoms with Crippen LogP contribution in [0.2, 0.25) is 0 Å². The van der Waals surface area contributed by atoms with Gasteiger partial charge in [-0.25, -0.2) is 8.42 Å². The summed E-state index contributed by atoms with van der Waals surface area (Å²) < 4.78 is 38.0. The van der Waals surface area contributed by atoms with Crippen molar-refractivity contribution < 1.29 is 22.7 Å². The van der Waals surface area contributed by atoms with Gasteiger partial charge in [0.1, 0.15) is 0 Å². The summed E-state index contributed by atoms with van der Waals surface area (Å²) in [5, 5.41) is 0. The average Bonchev–Trinajstić information content (AvgIpc) is 3.46. The predicted molar refractivity (Wildman–Crippen MR) is 101 cm³/mol. The largest absolute Gasteiger partial charge is 0.381 e. The van der Waals surface area contributed by atoms with Crippen LogP contribution in [0.5, 0.6) is 0 Å². The number of hydrogen-bond donors (Lipinski definition) is 0. The molecule has 3 aliphatic heterocycles. The first kappa shape index (κ1) is 19.6. The van der Waals surface area contributed by atoms with E-state index in [9.17, 15) is 13.2 Å². The summed E-state index contributed by atoms with van der Waals surface area (Å²) in [6.07, 6.45) is 8.08. The zero-order chi connectivity index (χ0) is 19.1. The number of nitrogens with zero attached hydrogens (tertiary/aromatic N) is 2. The Morgan fingerprint density at radius 1 is 1.00 bits per heavy atom. The minimum Gasteiger partial charge on any atom is -0.381 e. The van der Waals surface area contributed by atoms with Crippen molar-refractivity contribution in [1.29, 1.82) is 0 Å². The van der Waals surface area contributed by atoms with Crippen LogP contribution in [0, 0.1) is 5.92 Å². The fraction of sp³-hybridized carbons (Fsp3) is 0.947. The van der Waals surface area contributed by atoms with Gasteiger partial charge in [0.05, 0.1) is 11.9 Å². The summed E-state index contributed by atoms with van der Waals surface area (Å²) in [4.78, 5) is 14.8. The number of rotatable bonds is 4. The van der Waals surface area contributed by atoms with Gasteiger partial charge in [0.2, 0.25) is 15.9 Å². The Balaban J connectivity index is 1.38. The van der Waals surface area contributed by atoms with E-state index < -0.39 is 10.0 Å². The molecular formula is C19H32N2O5S. The molecule has 1 atom stereocenters. The number of piperidine rings is 1. The Morgan fingerprint density at radius 2 is 1.67 bits per heavy atom. The third-order valence-electron chi connectivity index (χ3n) is 6.67. The highest BCUT2D eigenvalue weighted by Gasteiger charge is 2.47. The second-order valence-corrected chi connectivity index (χ2v) is 10.6. The van der Waals surface area contributed by atoms with Gasteiger partial charge in [0.15, 0.2) is 0 Å². The molecule has 4 fully saturated rings. The van der Waals surface area contributed by atoms with E-state index in [0.717, 1.165) is 51.4 Å². The van der Waals surface area contributed by atoms with Crippen LogP contribution in [0.3, 0.4) is 0 Å².